The second-order valence-electron chi connectivity index (χ2n) is 11.0. The fourth-order valence-corrected chi connectivity index (χ4v) is 4.06. The Balaban J connectivity index is 1.63. The lowest BCUT2D eigenvalue weighted by atomic mass is 9.98. The van der Waals surface area contributed by atoms with Crippen LogP contribution in [0.3, 0.4) is 0 Å². The zero-order valence-electron chi connectivity index (χ0n) is 23.5. The first-order valence-electron chi connectivity index (χ1n) is 13.1. The summed E-state index contributed by atoms with van der Waals surface area (Å²) in [6, 6.07) is 13.4. The summed E-state index contributed by atoms with van der Waals surface area (Å²) in [6.07, 6.45) is -4.20. The minimum absolute atomic E-state index is 0.0160. The Bertz CT molecular complexity index is 1600. The van der Waals surface area contributed by atoms with E-state index in [2.05, 4.69) is 16.8 Å². The third-order valence-corrected chi connectivity index (χ3v) is 6.32. The summed E-state index contributed by atoms with van der Waals surface area (Å²) in [7, 11) is 0. The number of aliphatic hydroxyl groups is 1. The van der Waals surface area contributed by atoms with Gasteiger partial charge in [0.2, 0.25) is 0 Å². The van der Waals surface area contributed by atoms with Gasteiger partial charge in [-0.3, -0.25) is 14.3 Å². The number of ether oxygens (including phenoxy) is 3. The molecule has 2 N–H and O–H groups in total. The van der Waals surface area contributed by atoms with E-state index in [1.54, 1.807) is 48.5 Å². The number of esters is 2. The Morgan fingerprint density at radius 1 is 0.976 bits per heavy atom. The molecule has 1 fully saturated rings. The molecule has 2 aromatic carbocycles. The minimum atomic E-state index is -1.56. The number of aliphatic hydroxyl groups excluding tert-OH is 1. The average Bonchev–Trinajstić information content (AvgIpc) is 3.21. The van der Waals surface area contributed by atoms with Crippen molar-refractivity contribution in [2.45, 2.75) is 59.2 Å². The molecule has 0 spiro atoms. The fourth-order valence-electron chi connectivity index (χ4n) is 4.06. The van der Waals surface area contributed by atoms with E-state index in [-0.39, 0.29) is 17.7 Å². The van der Waals surface area contributed by atoms with Gasteiger partial charge in [0.05, 0.1) is 11.1 Å². The molecular weight excluding hydrogens is 528 g/mol. The van der Waals surface area contributed by atoms with Crippen LogP contribution in [-0.4, -0.2) is 51.5 Å². The maximum atomic E-state index is 13.0. The van der Waals surface area contributed by atoms with E-state index < -0.39 is 53.1 Å². The highest BCUT2D eigenvalue weighted by Crippen LogP contribution is 2.32. The van der Waals surface area contributed by atoms with Gasteiger partial charge in [0.15, 0.2) is 12.3 Å². The third-order valence-electron chi connectivity index (χ3n) is 6.32. The Hall–Kier alpha value is -4.46. The van der Waals surface area contributed by atoms with Gasteiger partial charge in [0, 0.05) is 11.6 Å². The van der Waals surface area contributed by atoms with Gasteiger partial charge in [-0.1, -0.05) is 47.2 Å². The van der Waals surface area contributed by atoms with E-state index in [9.17, 15) is 24.3 Å². The van der Waals surface area contributed by atoms with Crippen molar-refractivity contribution in [3.63, 3.8) is 0 Å². The smallest absolute Gasteiger partial charge is 0.338 e. The standard InChI is InChI=1S/C31H32N2O8/c1-18-6-10-20(11-7-18)28(36)39-17-23-25(41-29(37)21-12-8-19(2)9-13-21)24(34)27(40-23)33-16-22(14-15-31(3,4)5)26(35)32-30(33)38/h6-13,16,23-25,27,34H,17H2,1-5H3,(H,32,35,38)/t23-,24+,25-,27-/m1/s1. The summed E-state index contributed by atoms with van der Waals surface area (Å²) in [5.74, 6) is 4.31. The number of hydrogen-bond acceptors (Lipinski definition) is 8. The summed E-state index contributed by atoms with van der Waals surface area (Å²) < 4.78 is 18.0. The van der Waals surface area contributed by atoms with Gasteiger partial charge in [-0.05, 0) is 58.9 Å². The number of carbonyl (C=O) groups is 2. The van der Waals surface area contributed by atoms with Crippen molar-refractivity contribution in [2.75, 3.05) is 6.61 Å². The number of aryl methyl sites for hydroxylation is 2. The number of rotatable bonds is 6. The second kappa shape index (κ2) is 12.0. The zero-order chi connectivity index (χ0) is 29.9. The molecule has 0 radical (unpaired) electrons. The molecule has 1 saturated heterocycles. The maximum Gasteiger partial charge on any atom is 0.338 e. The lowest BCUT2D eigenvalue weighted by molar-refractivity contribution is -0.0614. The molecule has 0 amide bonds. The largest absolute Gasteiger partial charge is 0.459 e. The van der Waals surface area contributed by atoms with Crippen molar-refractivity contribution >= 4 is 11.9 Å². The predicted octanol–water partition coefficient (Wildman–Crippen LogP) is 2.89. The number of benzene rings is 2. The monoisotopic (exact) mass is 560 g/mol. The predicted molar refractivity (Wildman–Crippen MR) is 149 cm³/mol. The topological polar surface area (TPSA) is 137 Å². The average molecular weight is 561 g/mol. The van der Waals surface area contributed by atoms with Gasteiger partial charge in [0.25, 0.3) is 5.56 Å². The molecule has 1 aromatic heterocycles. The molecule has 0 saturated carbocycles. The molecule has 1 aliphatic rings. The van der Waals surface area contributed by atoms with E-state index in [4.69, 9.17) is 14.2 Å². The van der Waals surface area contributed by atoms with Crippen LogP contribution < -0.4 is 11.2 Å². The minimum Gasteiger partial charge on any atom is -0.459 e. The van der Waals surface area contributed by atoms with Crippen molar-refractivity contribution in [3.05, 3.63) is 103 Å². The van der Waals surface area contributed by atoms with Crippen LogP contribution >= 0.6 is 0 Å². The zero-order valence-corrected chi connectivity index (χ0v) is 23.5. The van der Waals surface area contributed by atoms with Crippen LogP contribution in [0.1, 0.15) is 64.4 Å². The van der Waals surface area contributed by atoms with Crippen molar-refractivity contribution in [3.8, 4) is 11.8 Å². The molecule has 0 unspecified atom stereocenters. The van der Waals surface area contributed by atoms with E-state index in [1.807, 2.05) is 34.6 Å². The normalized spacial score (nSPS) is 20.1. The van der Waals surface area contributed by atoms with Crippen LogP contribution in [0, 0.1) is 31.1 Å². The fraction of sp³-hybridized carbons (Fsp3) is 0.355. The number of H-pyrrole nitrogens is 1. The summed E-state index contributed by atoms with van der Waals surface area (Å²) in [4.78, 5) is 53.0. The van der Waals surface area contributed by atoms with Crippen LogP contribution in [-0.2, 0) is 14.2 Å². The molecule has 0 bridgehead atoms. The van der Waals surface area contributed by atoms with Crippen LogP contribution in [0.2, 0.25) is 0 Å². The Kier molecular flexibility index (Phi) is 8.61. The lowest BCUT2D eigenvalue weighted by Gasteiger charge is -2.21. The van der Waals surface area contributed by atoms with Gasteiger partial charge in [-0.25, -0.2) is 14.4 Å². The first kappa shape index (κ1) is 29.5. The van der Waals surface area contributed by atoms with Crippen molar-refractivity contribution < 1.29 is 28.9 Å². The number of aromatic nitrogens is 2. The van der Waals surface area contributed by atoms with Crippen molar-refractivity contribution in [2.24, 2.45) is 5.41 Å². The van der Waals surface area contributed by atoms with Crippen LogP contribution in [0.5, 0.6) is 0 Å². The number of hydrogen-bond donors (Lipinski definition) is 2. The number of nitrogens with zero attached hydrogens (tertiary/aromatic N) is 1. The molecule has 1 aliphatic heterocycles. The maximum absolute atomic E-state index is 13.0. The van der Waals surface area contributed by atoms with E-state index in [0.717, 1.165) is 15.7 Å². The van der Waals surface area contributed by atoms with Crippen molar-refractivity contribution in [1.82, 2.24) is 9.55 Å². The van der Waals surface area contributed by atoms with E-state index in [1.165, 1.54) is 6.20 Å². The highest BCUT2D eigenvalue weighted by Gasteiger charge is 2.48. The highest BCUT2D eigenvalue weighted by molar-refractivity contribution is 5.90. The summed E-state index contributed by atoms with van der Waals surface area (Å²) in [5.41, 5.74) is 0.460. The van der Waals surface area contributed by atoms with E-state index in [0.29, 0.717) is 5.56 Å². The SMILES string of the molecule is Cc1ccc(C(=O)OC[C@H]2O[C@@H](n3cc(C#CC(C)(C)C)c(=O)[nH]c3=O)[C@@H](O)[C@@H]2OC(=O)c2ccc(C)cc2)cc1. The van der Waals surface area contributed by atoms with Gasteiger partial charge in [-0.15, -0.1) is 0 Å². The van der Waals surface area contributed by atoms with Crippen LogP contribution in [0.4, 0.5) is 0 Å². The molecule has 4 rings (SSSR count). The molecule has 3 aromatic rings. The quantitative estimate of drug-likeness (QED) is 0.347. The van der Waals surface area contributed by atoms with Crippen LogP contribution in [0.15, 0.2) is 64.3 Å². The number of aromatic amines is 1. The molecule has 10 heteroatoms. The molecule has 0 aliphatic carbocycles. The molecular formula is C31H32N2O8. The van der Waals surface area contributed by atoms with Gasteiger partial charge in [-0.2, -0.15) is 0 Å². The number of nitrogens with one attached hydrogen (secondary N) is 1. The van der Waals surface area contributed by atoms with Gasteiger partial charge in [0.1, 0.15) is 24.4 Å². The third kappa shape index (κ3) is 7.20. The van der Waals surface area contributed by atoms with Crippen molar-refractivity contribution in [1.29, 1.82) is 0 Å². The Morgan fingerprint density at radius 2 is 1.54 bits per heavy atom. The molecule has 41 heavy (non-hydrogen) atoms. The number of carbonyl (C=O) groups excluding carboxylic acids is 2. The van der Waals surface area contributed by atoms with Crippen LogP contribution in [0.25, 0.3) is 0 Å². The molecule has 10 nitrogen and oxygen atoms in total. The highest BCUT2D eigenvalue weighted by atomic mass is 16.6. The van der Waals surface area contributed by atoms with Gasteiger partial charge >= 0.3 is 17.6 Å². The first-order valence-corrected chi connectivity index (χ1v) is 13.1. The first-order chi connectivity index (χ1) is 19.3. The van der Waals surface area contributed by atoms with E-state index >= 15 is 0 Å². The summed E-state index contributed by atoms with van der Waals surface area (Å²) in [6.45, 7) is 8.96. The molecule has 214 valence electrons. The Labute approximate surface area is 236 Å². The molecule has 4 atom stereocenters. The second-order valence-corrected chi connectivity index (χ2v) is 11.0. The summed E-state index contributed by atoms with van der Waals surface area (Å²) >= 11 is 0. The van der Waals surface area contributed by atoms with Gasteiger partial charge < -0.3 is 19.3 Å². The Morgan fingerprint density at radius 3 is 2.10 bits per heavy atom. The molecule has 2 heterocycles. The lowest BCUT2D eigenvalue weighted by Crippen LogP contribution is -2.40. The summed E-state index contributed by atoms with van der Waals surface area (Å²) in [5, 5.41) is 11.2.